The topological polar surface area (TPSA) is 64.6 Å². The average Bonchev–Trinajstić information content (AvgIpc) is 2.67. The van der Waals surface area contributed by atoms with Gasteiger partial charge in [-0.2, -0.15) is 0 Å². The van der Waals surface area contributed by atoms with Gasteiger partial charge in [0, 0.05) is 13.0 Å². The second-order valence-electron chi connectivity index (χ2n) is 3.53. The summed E-state index contributed by atoms with van der Waals surface area (Å²) < 4.78 is 35.7. The number of sulfonamides is 1. The number of ether oxygens (including phenoxy) is 2. The zero-order valence-corrected chi connectivity index (χ0v) is 9.88. The molecule has 0 spiro atoms. The average molecular weight is 237 g/mol. The highest BCUT2D eigenvalue weighted by atomic mass is 32.2. The molecule has 0 bridgehead atoms. The second-order valence-corrected chi connectivity index (χ2v) is 5.45. The van der Waals surface area contributed by atoms with Crippen LogP contribution in [-0.2, 0) is 19.5 Å². The molecule has 0 unspecified atom stereocenters. The molecule has 1 aliphatic heterocycles. The number of unbranched alkanes of at least 4 members (excludes halogenated alkanes) is 1. The van der Waals surface area contributed by atoms with Crippen molar-refractivity contribution in [2.24, 2.45) is 0 Å². The molecular formula is C9H19NO4S. The van der Waals surface area contributed by atoms with Gasteiger partial charge in [0.2, 0.25) is 10.0 Å². The summed E-state index contributed by atoms with van der Waals surface area (Å²) >= 11 is 0. The van der Waals surface area contributed by atoms with Crippen molar-refractivity contribution in [1.29, 1.82) is 0 Å². The molecular weight excluding hydrogens is 218 g/mol. The molecule has 1 aliphatic rings. The van der Waals surface area contributed by atoms with Crippen LogP contribution in [-0.4, -0.2) is 40.2 Å². The van der Waals surface area contributed by atoms with Gasteiger partial charge < -0.3 is 9.47 Å². The van der Waals surface area contributed by atoms with E-state index in [4.69, 9.17) is 9.47 Å². The highest BCUT2D eigenvalue weighted by molar-refractivity contribution is 7.89. The van der Waals surface area contributed by atoms with Crippen LogP contribution >= 0.6 is 0 Å². The van der Waals surface area contributed by atoms with Gasteiger partial charge in [-0.25, -0.2) is 13.1 Å². The third-order valence-corrected chi connectivity index (χ3v) is 3.63. The van der Waals surface area contributed by atoms with Crippen LogP contribution in [0.15, 0.2) is 0 Å². The molecule has 0 saturated carbocycles. The van der Waals surface area contributed by atoms with Crippen molar-refractivity contribution in [3.05, 3.63) is 0 Å². The van der Waals surface area contributed by atoms with Crippen LogP contribution in [0.5, 0.6) is 0 Å². The maximum absolute atomic E-state index is 11.4. The molecule has 0 aromatic rings. The first-order chi connectivity index (χ1) is 7.14. The third kappa shape index (κ3) is 5.46. The molecule has 90 valence electrons. The number of rotatable bonds is 7. The van der Waals surface area contributed by atoms with E-state index in [0.29, 0.717) is 32.6 Å². The second kappa shape index (κ2) is 6.42. The predicted octanol–water partition coefficient (Wildman–Crippen LogP) is 0.469. The molecule has 1 saturated heterocycles. The molecule has 15 heavy (non-hydrogen) atoms. The van der Waals surface area contributed by atoms with E-state index in [0.717, 1.165) is 6.42 Å². The van der Waals surface area contributed by atoms with Crippen LogP contribution in [0.4, 0.5) is 0 Å². The Morgan fingerprint density at radius 1 is 1.33 bits per heavy atom. The van der Waals surface area contributed by atoms with Crippen LogP contribution < -0.4 is 4.72 Å². The molecule has 6 heteroatoms. The first-order valence-corrected chi connectivity index (χ1v) is 7.00. The summed E-state index contributed by atoms with van der Waals surface area (Å²) in [5.41, 5.74) is 0. The third-order valence-electron chi connectivity index (χ3n) is 2.16. The largest absolute Gasteiger partial charge is 0.350 e. The van der Waals surface area contributed by atoms with E-state index >= 15 is 0 Å². The van der Waals surface area contributed by atoms with Crippen molar-refractivity contribution in [1.82, 2.24) is 4.72 Å². The van der Waals surface area contributed by atoms with E-state index in [-0.39, 0.29) is 12.0 Å². The standard InChI is InChI=1S/C9H19NO4S/c1-2-3-8-15(11,12)10-5-4-9-13-6-7-14-9/h9-10H,2-8H2,1H3. The predicted molar refractivity (Wildman–Crippen MR) is 57.0 cm³/mol. The quantitative estimate of drug-likeness (QED) is 0.699. The van der Waals surface area contributed by atoms with Gasteiger partial charge >= 0.3 is 0 Å². The highest BCUT2D eigenvalue weighted by Crippen LogP contribution is 2.06. The van der Waals surface area contributed by atoms with E-state index in [1.807, 2.05) is 6.92 Å². The van der Waals surface area contributed by atoms with E-state index in [1.54, 1.807) is 0 Å². The first kappa shape index (κ1) is 12.9. The minimum atomic E-state index is -3.10. The van der Waals surface area contributed by atoms with Gasteiger partial charge in [-0.05, 0) is 6.42 Å². The number of hydrogen-bond donors (Lipinski definition) is 1. The molecule has 0 aromatic carbocycles. The summed E-state index contributed by atoms with van der Waals surface area (Å²) in [6.45, 7) is 3.56. The lowest BCUT2D eigenvalue weighted by Crippen LogP contribution is -2.29. The fraction of sp³-hybridized carbons (Fsp3) is 1.00. The van der Waals surface area contributed by atoms with E-state index in [2.05, 4.69) is 4.72 Å². The van der Waals surface area contributed by atoms with Crippen LogP contribution in [0.2, 0.25) is 0 Å². The lowest BCUT2D eigenvalue weighted by atomic mass is 10.4. The van der Waals surface area contributed by atoms with Gasteiger partial charge in [0.15, 0.2) is 6.29 Å². The maximum atomic E-state index is 11.4. The van der Waals surface area contributed by atoms with Crippen molar-refractivity contribution in [2.45, 2.75) is 32.5 Å². The van der Waals surface area contributed by atoms with Crippen molar-refractivity contribution in [2.75, 3.05) is 25.5 Å². The maximum Gasteiger partial charge on any atom is 0.211 e. The van der Waals surface area contributed by atoms with E-state index < -0.39 is 10.0 Å². The Hall–Kier alpha value is -0.170. The summed E-state index contributed by atoms with van der Waals surface area (Å²) in [7, 11) is -3.10. The Labute approximate surface area is 91.2 Å². The molecule has 5 nitrogen and oxygen atoms in total. The molecule has 0 radical (unpaired) electrons. The van der Waals surface area contributed by atoms with Gasteiger partial charge in [0.25, 0.3) is 0 Å². The van der Waals surface area contributed by atoms with Crippen LogP contribution in [0.1, 0.15) is 26.2 Å². The lowest BCUT2D eigenvalue weighted by molar-refractivity contribution is -0.0451. The highest BCUT2D eigenvalue weighted by Gasteiger charge is 2.16. The fourth-order valence-electron chi connectivity index (χ4n) is 1.31. The SMILES string of the molecule is CCCCS(=O)(=O)NCCC1OCCO1. The van der Waals surface area contributed by atoms with Gasteiger partial charge in [-0.3, -0.25) is 0 Å². The van der Waals surface area contributed by atoms with Crippen LogP contribution in [0, 0.1) is 0 Å². The van der Waals surface area contributed by atoms with Crippen molar-refractivity contribution in [3.8, 4) is 0 Å². The van der Waals surface area contributed by atoms with Crippen LogP contribution in [0.25, 0.3) is 0 Å². The molecule has 1 heterocycles. The Bertz CT molecular complexity index is 259. The molecule has 1 fully saturated rings. The lowest BCUT2D eigenvalue weighted by Gasteiger charge is -2.09. The molecule has 0 aliphatic carbocycles. The van der Waals surface area contributed by atoms with E-state index in [1.165, 1.54) is 0 Å². The smallest absolute Gasteiger partial charge is 0.211 e. The van der Waals surface area contributed by atoms with Gasteiger partial charge in [0.05, 0.1) is 19.0 Å². The number of nitrogens with one attached hydrogen (secondary N) is 1. The summed E-state index contributed by atoms with van der Waals surface area (Å²) in [4.78, 5) is 0. The van der Waals surface area contributed by atoms with Gasteiger partial charge in [-0.15, -0.1) is 0 Å². The summed E-state index contributed by atoms with van der Waals surface area (Å²) in [5, 5.41) is 0. The van der Waals surface area contributed by atoms with Gasteiger partial charge in [-0.1, -0.05) is 13.3 Å². The van der Waals surface area contributed by atoms with Crippen LogP contribution in [0.3, 0.4) is 0 Å². The Kier molecular flexibility index (Phi) is 5.52. The molecule has 1 N–H and O–H groups in total. The van der Waals surface area contributed by atoms with Gasteiger partial charge in [0.1, 0.15) is 0 Å². The van der Waals surface area contributed by atoms with E-state index in [9.17, 15) is 8.42 Å². The summed E-state index contributed by atoms with van der Waals surface area (Å²) in [6, 6.07) is 0. The minimum absolute atomic E-state index is 0.204. The summed E-state index contributed by atoms with van der Waals surface area (Å²) in [5.74, 6) is 0.204. The molecule has 0 aromatic heterocycles. The Morgan fingerprint density at radius 2 is 2.00 bits per heavy atom. The van der Waals surface area contributed by atoms with Crippen molar-refractivity contribution >= 4 is 10.0 Å². The summed E-state index contributed by atoms with van der Waals surface area (Å²) in [6.07, 6.45) is 1.92. The zero-order chi connectivity index (χ0) is 11.1. The Morgan fingerprint density at radius 3 is 2.60 bits per heavy atom. The molecule has 0 atom stereocenters. The first-order valence-electron chi connectivity index (χ1n) is 5.34. The number of hydrogen-bond acceptors (Lipinski definition) is 4. The zero-order valence-electron chi connectivity index (χ0n) is 9.07. The molecule has 0 amide bonds. The monoisotopic (exact) mass is 237 g/mol. The fourth-order valence-corrected chi connectivity index (χ4v) is 2.55. The molecule has 1 rings (SSSR count). The van der Waals surface area contributed by atoms with Crippen molar-refractivity contribution in [3.63, 3.8) is 0 Å². The minimum Gasteiger partial charge on any atom is -0.350 e. The Balaban J connectivity index is 2.12. The normalized spacial score (nSPS) is 18.5. The van der Waals surface area contributed by atoms with Crippen molar-refractivity contribution < 1.29 is 17.9 Å².